The number of nitriles is 1. The molecule has 0 unspecified atom stereocenters. The molecule has 4 aromatic rings. The normalized spacial score (nSPS) is 10.7. The highest BCUT2D eigenvalue weighted by molar-refractivity contribution is 5.65. The van der Waals surface area contributed by atoms with Crippen molar-refractivity contribution < 1.29 is 4.92 Å². The fourth-order valence-corrected chi connectivity index (χ4v) is 3.48. The summed E-state index contributed by atoms with van der Waals surface area (Å²) in [6.45, 7) is 1.61. The Bertz CT molecular complexity index is 1520. The van der Waals surface area contributed by atoms with Crippen molar-refractivity contribution in [1.29, 1.82) is 5.26 Å². The van der Waals surface area contributed by atoms with Crippen molar-refractivity contribution in [3.8, 4) is 28.6 Å². The summed E-state index contributed by atoms with van der Waals surface area (Å²) in [7, 11) is 1.35. The molecule has 10 heteroatoms. The second-order valence-electron chi connectivity index (χ2n) is 7.05. The molecule has 0 saturated carbocycles. The monoisotopic (exact) mass is 428 g/mol. The largest absolute Gasteiger partial charge is 0.335 e. The predicted molar refractivity (Wildman–Crippen MR) is 116 cm³/mol. The van der Waals surface area contributed by atoms with Crippen LogP contribution in [-0.2, 0) is 7.05 Å². The molecule has 32 heavy (non-hydrogen) atoms. The van der Waals surface area contributed by atoms with Crippen molar-refractivity contribution in [2.45, 2.75) is 6.92 Å². The Morgan fingerprint density at radius 3 is 2.47 bits per heavy atom. The molecule has 0 fully saturated rings. The zero-order valence-electron chi connectivity index (χ0n) is 17.1. The van der Waals surface area contributed by atoms with Crippen molar-refractivity contribution in [2.24, 2.45) is 7.05 Å². The number of nitro benzene ring substituents is 1. The van der Waals surface area contributed by atoms with Crippen LogP contribution in [0.1, 0.15) is 11.3 Å². The van der Waals surface area contributed by atoms with Crippen LogP contribution in [0.2, 0.25) is 0 Å². The van der Waals surface area contributed by atoms with Crippen LogP contribution in [0.25, 0.3) is 22.5 Å². The van der Waals surface area contributed by atoms with Crippen LogP contribution in [0, 0.1) is 28.4 Å². The van der Waals surface area contributed by atoms with E-state index < -0.39 is 16.2 Å². The molecule has 10 nitrogen and oxygen atoms in total. The Balaban J connectivity index is 1.90. The molecule has 0 aliphatic carbocycles. The van der Waals surface area contributed by atoms with Gasteiger partial charge in [-0.25, -0.2) is 9.48 Å². The Kier molecular flexibility index (Phi) is 5.00. The summed E-state index contributed by atoms with van der Waals surface area (Å²) in [4.78, 5) is 36.5. The quantitative estimate of drug-likeness (QED) is 0.363. The fourth-order valence-electron chi connectivity index (χ4n) is 3.48. The van der Waals surface area contributed by atoms with Gasteiger partial charge in [0.2, 0.25) is 0 Å². The molecule has 0 amide bonds. The van der Waals surface area contributed by atoms with Crippen LogP contribution in [-0.4, -0.2) is 23.8 Å². The maximum Gasteiger partial charge on any atom is 0.335 e. The molecule has 2 heterocycles. The van der Waals surface area contributed by atoms with Crippen LogP contribution in [0.4, 0.5) is 5.69 Å². The SMILES string of the molecule is Cc1c(-c2cnn(-c3ccc(C#N)cc3)c2)c(=O)n(C)c(=O)n1-c1cccc([N+](=O)[O-])c1. The molecule has 0 aliphatic rings. The average Bonchev–Trinajstić information content (AvgIpc) is 3.28. The highest BCUT2D eigenvalue weighted by Crippen LogP contribution is 2.23. The molecule has 0 N–H and O–H groups in total. The molecule has 0 spiro atoms. The first-order valence-electron chi connectivity index (χ1n) is 9.45. The van der Waals surface area contributed by atoms with E-state index in [4.69, 9.17) is 5.26 Å². The molecular weight excluding hydrogens is 412 g/mol. The topological polar surface area (TPSA) is 129 Å². The molecule has 0 atom stereocenters. The van der Waals surface area contributed by atoms with Gasteiger partial charge in [-0.15, -0.1) is 0 Å². The second-order valence-corrected chi connectivity index (χ2v) is 7.05. The lowest BCUT2D eigenvalue weighted by atomic mass is 10.1. The predicted octanol–water partition coefficient (Wildman–Crippen LogP) is 2.48. The summed E-state index contributed by atoms with van der Waals surface area (Å²) in [5, 5.41) is 24.4. The Hall–Kier alpha value is -4.78. The smallest absolute Gasteiger partial charge is 0.268 e. The van der Waals surface area contributed by atoms with E-state index in [1.807, 2.05) is 6.07 Å². The van der Waals surface area contributed by atoms with Crippen LogP contribution >= 0.6 is 0 Å². The minimum atomic E-state index is -0.615. The lowest BCUT2D eigenvalue weighted by Gasteiger charge is -2.15. The first kappa shape index (κ1) is 20.5. The second kappa shape index (κ2) is 7.81. The standard InChI is InChI=1S/C22H16N6O4/c1-14-20(16-12-24-26(13-16)17-8-6-15(11-23)7-9-17)21(29)25(2)22(30)27(14)18-4-3-5-19(10-18)28(31)32/h3-10,12-13H,1-2H3. The van der Waals surface area contributed by atoms with Gasteiger partial charge in [-0.1, -0.05) is 6.07 Å². The third kappa shape index (κ3) is 3.37. The van der Waals surface area contributed by atoms with E-state index in [-0.39, 0.29) is 16.9 Å². The molecule has 0 bridgehead atoms. The van der Waals surface area contributed by atoms with E-state index >= 15 is 0 Å². The number of hydrogen-bond acceptors (Lipinski definition) is 6. The molecule has 2 aromatic heterocycles. The first-order valence-corrected chi connectivity index (χ1v) is 9.45. The number of nitrogens with zero attached hydrogens (tertiary/aromatic N) is 6. The van der Waals surface area contributed by atoms with Crippen LogP contribution in [0.15, 0.2) is 70.5 Å². The first-order chi connectivity index (χ1) is 15.3. The average molecular weight is 428 g/mol. The third-order valence-corrected chi connectivity index (χ3v) is 5.12. The lowest BCUT2D eigenvalue weighted by Crippen LogP contribution is -2.39. The highest BCUT2D eigenvalue weighted by atomic mass is 16.6. The molecule has 158 valence electrons. The zero-order chi connectivity index (χ0) is 23.0. The molecule has 0 aliphatic heterocycles. The third-order valence-electron chi connectivity index (χ3n) is 5.12. The van der Waals surface area contributed by atoms with Gasteiger partial charge in [0.1, 0.15) is 0 Å². The van der Waals surface area contributed by atoms with Crippen LogP contribution < -0.4 is 11.2 Å². The number of rotatable bonds is 4. The zero-order valence-corrected chi connectivity index (χ0v) is 17.1. The van der Waals surface area contributed by atoms with Gasteiger partial charge in [0, 0.05) is 36.6 Å². The van der Waals surface area contributed by atoms with Gasteiger partial charge >= 0.3 is 5.69 Å². The summed E-state index contributed by atoms with van der Waals surface area (Å²) >= 11 is 0. The molecule has 0 saturated heterocycles. The lowest BCUT2D eigenvalue weighted by molar-refractivity contribution is -0.384. The fraction of sp³-hybridized carbons (Fsp3) is 0.0909. The Morgan fingerprint density at radius 2 is 1.81 bits per heavy atom. The molecular formula is C22H16N6O4. The minimum Gasteiger partial charge on any atom is -0.268 e. The van der Waals surface area contributed by atoms with Crippen molar-refractivity contribution >= 4 is 5.69 Å². The number of non-ortho nitro benzene ring substituents is 1. The van der Waals surface area contributed by atoms with Gasteiger partial charge in [0.25, 0.3) is 11.2 Å². The summed E-state index contributed by atoms with van der Waals surface area (Å²) in [6.07, 6.45) is 3.15. The number of nitro groups is 1. The van der Waals surface area contributed by atoms with E-state index in [1.54, 1.807) is 48.1 Å². The van der Waals surface area contributed by atoms with Gasteiger partial charge in [0.05, 0.1) is 39.7 Å². The number of aromatic nitrogens is 4. The number of benzene rings is 2. The van der Waals surface area contributed by atoms with Gasteiger partial charge in [-0.05, 0) is 37.3 Å². The van der Waals surface area contributed by atoms with E-state index in [9.17, 15) is 19.7 Å². The highest BCUT2D eigenvalue weighted by Gasteiger charge is 2.20. The van der Waals surface area contributed by atoms with E-state index in [0.717, 1.165) is 4.57 Å². The van der Waals surface area contributed by atoms with Crippen molar-refractivity contribution in [3.63, 3.8) is 0 Å². The summed E-state index contributed by atoms with van der Waals surface area (Å²) in [5.74, 6) is 0. The summed E-state index contributed by atoms with van der Waals surface area (Å²) < 4.78 is 3.78. The number of hydrogen-bond donors (Lipinski definition) is 0. The minimum absolute atomic E-state index is 0.169. The van der Waals surface area contributed by atoms with Crippen molar-refractivity contribution in [3.05, 3.63) is 103 Å². The van der Waals surface area contributed by atoms with E-state index in [2.05, 4.69) is 5.10 Å². The Morgan fingerprint density at radius 1 is 1.09 bits per heavy atom. The molecule has 0 radical (unpaired) electrons. The Labute approximate surface area is 181 Å². The molecule has 2 aromatic carbocycles. The van der Waals surface area contributed by atoms with E-state index in [0.29, 0.717) is 22.5 Å². The van der Waals surface area contributed by atoms with Gasteiger partial charge < -0.3 is 0 Å². The van der Waals surface area contributed by atoms with Gasteiger partial charge in [-0.3, -0.25) is 24.0 Å². The van der Waals surface area contributed by atoms with Crippen LogP contribution in [0.3, 0.4) is 0 Å². The summed E-state index contributed by atoms with van der Waals surface area (Å²) in [6, 6.07) is 14.5. The maximum atomic E-state index is 13.0. The van der Waals surface area contributed by atoms with Gasteiger partial charge in [0.15, 0.2) is 0 Å². The van der Waals surface area contributed by atoms with Crippen molar-refractivity contribution in [2.75, 3.05) is 0 Å². The maximum absolute atomic E-state index is 13.0. The summed E-state index contributed by atoms with van der Waals surface area (Å²) in [5.41, 5.74) is 1.25. The van der Waals surface area contributed by atoms with Gasteiger partial charge in [-0.2, -0.15) is 10.4 Å². The van der Waals surface area contributed by atoms with Crippen molar-refractivity contribution in [1.82, 2.24) is 18.9 Å². The van der Waals surface area contributed by atoms with Crippen LogP contribution in [0.5, 0.6) is 0 Å². The molecule has 4 rings (SSSR count). The van der Waals surface area contributed by atoms with E-state index in [1.165, 1.54) is 36.0 Å².